The van der Waals surface area contributed by atoms with E-state index in [0.717, 1.165) is 65.4 Å². The van der Waals surface area contributed by atoms with E-state index in [0.29, 0.717) is 5.92 Å². The second-order valence-electron chi connectivity index (χ2n) is 9.38. The van der Waals surface area contributed by atoms with Gasteiger partial charge in [0, 0.05) is 41.2 Å². The molecule has 2 atom stereocenters. The number of aromatic nitrogens is 1. The minimum atomic E-state index is -1.36. The molecule has 0 saturated heterocycles. The number of pyridine rings is 1. The first-order chi connectivity index (χ1) is 16.9. The third-order valence-electron chi connectivity index (χ3n) is 6.46. The number of nitrogens with zero attached hydrogens (tertiary/aromatic N) is 1. The van der Waals surface area contributed by atoms with Crippen molar-refractivity contribution in [3.63, 3.8) is 0 Å². The van der Waals surface area contributed by atoms with Gasteiger partial charge in [-0.05, 0) is 48.9 Å². The number of benzene rings is 2. The molecule has 1 aromatic heterocycles. The first kappa shape index (κ1) is 25.0. The van der Waals surface area contributed by atoms with Crippen molar-refractivity contribution in [2.24, 2.45) is 0 Å². The lowest BCUT2D eigenvalue weighted by Gasteiger charge is -2.18. The lowest BCUT2D eigenvalue weighted by Crippen LogP contribution is -2.29. The molecule has 1 heterocycles. The molecular weight excluding hydrogens is 445 g/mol. The number of hydrogen-bond acceptors (Lipinski definition) is 5. The second-order valence-corrected chi connectivity index (χ2v) is 9.38. The summed E-state index contributed by atoms with van der Waals surface area (Å²) in [5, 5.41) is 32.0. The molecule has 6 heteroatoms. The summed E-state index contributed by atoms with van der Waals surface area (Å²) in [7, 11) is 0. The maximum Gasteiger partial charge on any atom is 0.123 e. The van der Waals surface area contributed by atoms with Gasteiger partial charge in [0.25, 0.3) is 0 Å². The number of carbonyl (C=O) groups excluding carboxylic acids is 1. The molecule has 0 bridgehead atoms. The van der Waals surface area contributed by atoms with Crippen molar-refractivity contribution in [2.75, 3.05) is 0 Å². The average molecular weight is 477 g/mol. The molecule has 2 aromatic carbocycles. The molecule has 184 valence electrons. The number of carbonyl (C=O) groups is 1. The average Bonchev–Trinajstić information content (AvgIpc) is 3.66. The number of aliphatic hydroxyl groups is 2. The summed E-state index contributed by atoms with van der Waals surface area (Å²) in [6.07, 6.45) is 5.64. The molecule has 35 heavy (non-hydrogen) atoms. The number of halogens is 1. The van der Waals surface area contributed by atoms with Crippen LogP contribution in [-0.4, -0.2) is 33.4 Å². The van der Waals surface area contributed by atoms with Gasteiger partial charge in [-0.25, -0.2) is 4.39 Å². The van der Waals surface area contributed by atoms with E-state index < -0.39 is 24.6 Å². The van der Waals surface area contributed by atoms with Crippen LogP contribution in [0.25, 0.3) is 28.1 Å². The number of aryl methyl sites for hydroxylation is 1. The highest BCUT2D eigenvalue weighted by Gasteiger charge is 2.30. The summed E-state index contributed by atoms with van der Waals surface area (Å²) in [5.74, 6) is -1.35. The van der Waals surface area contributed by atoms with E-state index in [1.54, 1.807) is 18.2 Å². The quantitative estimate of drug-likeness (QED) is 0.424. The van der Waals surface area contributed by atoms with Gasteiger partial charge in [0.2, 0.25) is 0 Å². The third-order valence-corrected chi connectivity index (χ3v) is 6.46. The Balaban J connectivity index is 1.85. The van der Waals surface area contributed by atoms with Gasteiger partial charge in [-0.15, -0.1) is 0 Å². The molecule has 1 aliphatic carbocycles. The summed E-state index contributed by atoms with van der Waals surface area (Å²) in [4.78, 5) is 15.9. The molecule has 0 aliphatic heterocycles. The zero-order chi connectivity index (χ0) is 24.9. The summed E-state index contributed by atoms with van der Waals surface area (Å²) in [6, 6.07) is 12.6. The fourth-order valence-electron chi connectivity index (χ4n) is 4.55. The number of aliphatic hydroxyl groups excluding tert-OH is 2. The Morgan fingerprint density at radius 1 is 1.20 bits per heavy atom. The molecule has 0 amide bonds. The van der Waals surface area contributed by atoms with Crippen molar-refractivity contribution in [3.05, 3.63) is 71.2 Å². The number of hydrogen-bond donors (Lipinski definition) is 2. The topological polar surface area (TPSA) is 93.5 Å². The zero-order valence-electron chi connectivity index (χ0n) is 19.9. The number of carboxylic acids is 1. The largest absolute Gasteiger partial charge is 0.550 e. The highest BCUT2D eigenvalue weighted by molar-refractivity contribution is 6.00. The number of fused-ring (bicyclic) bond motifs is 1. The number of carboxylic acid groups (broad SMARTS) is 1. The predicted molar refractivity (Wildman–Crippen MR) is 133 cm³/mol. The van der Waals surface area contributed by atoms with Crippen molar-refractivity contribution in [1.29, 1.82) is 0 Å². The molecular formula is C29H31FNO4-. The maximum atomic E-state index is 13.8. The van der Waals surface area contributed by atoms with E-state index in [-0.39, 0.29) is 12.2 Å². The molecule has 0 unspecified atom stereocenters. The normalized spacial score (nSPS) is 15.5. The van der Waals surface area contributed by atoms with E-state index in [4.69, 9.17) is 4.98 Å². The lowest BCUT2D eigenvalue weighted by atomic mass is 9.90. The van der Waals surface area contributed by atoms with Crippen LogP contribution >= 0.6 is 0 Å². The van der Waals surface area contributed by atoms with E-state index >= 15 is 0 Å². The SMILES string of the molecule is CCCCc1cccc2c(-c3ccc(F)cc3)c(/C=C/[C@@H](O)C[C@@H](O)CC(=O)[O-])c(C3CC3)nc12. The van der Waals surface area contributed by atoms with Crippen LogP contribution in [0.3, 0.4) is 0 Å². The fourth-order valence-corrected chi connectivity index (χ4v) is 4.55. The molecule has 3 aromatic rings. The number of aliphatic carboxylic acids is 1. The smallest absolute Gasteiger partial charge is 0.123 e. The van der Waals surface area contributed by atoms with Gasteiger partial charge in [0.1, 0.15) is 5.82 Å². The number of unbranched alkanes of at least 4 members (excludes halogenated alkanes) is 1. The van der Waals surface area contributed by atoms with E-state index in [9.17, 15) is 24.5 Å². The highest BCUT2D eigenvalue weighted by atomic mass is 19.1. The minimum Gasteiger partial charge on any atom is -0.550 e. The van der Waals surface area contributed by atoms with Crippen LogP contribution < -0.4 is 5.11 Å². The van der Waals surface area contributed by atoms with Crippen LogP contribution in [-0.2, 0) is 11.2 Å². The Bertz CT molecular complexity index is 1220. The molecule has 4 rings (SSSR count). The zero-order valence-corrected chi connectivity index (χ0v) is 19.9. The summed E-state index contributed by atoms with van der Waals surface area (Å²) in [6.45, 7) is 2.16. The fraction of sp³-hybridized carbons (Fsp3) is 0.379. The Morgan fingerprint density at radius 3 is 2.60 bits per heavy atom. The van der Waals surface area contributed by atoms with Crippen LogP contribution in [0.5, 0.6) is 0 Å². The van der Waals surface area contributed by atoms with Gasteiger partial charge in [-0.3, -0.25) is 4.98 Å². The Morgan fingerprint density at radius 2 is 1.94 bits per heavy atom. The number of para-hydroxylation sites is 1. The lowest BCUT2D eigenvalue weighted by molar-refractivity contribution is -0.307. The van der Waals surface area contributed by atoms with Crippen molar-refractivity contribution < 1.29 is 24.5 Å². The van der Waals surface area contributed by atoms with E-state index in [2.05, 4.69) is 13.0 Å². The number of rotatable bonds is 11. The van der Waals surface area contributed by atoms with Crippen LogP contribution in [0.4, 0.5) is 4.39 Å². The van der Waals surface area contributed by atoms with Gasteiger partial charge in [-0.2, -0.15) is 0 Å². The molecule has 2 N–H and O–H groups in total. The third kappa shape index (κ3) is 6.13. The molecule has 1 aliphatic rings. The molecule has 0 spiro atoms. The molecule has 1 saturated carbocycles. The Kier molecular flexibility index (Phi) is 7.93. The maximum absolute atomic E-state index is 13.8. The minimum absolute atomic E-state index is 0.114. The summed E-state index contributed by atoms with van der Waals surface area (Å²) < 4.78 is 13.8. The van der Waals surface area contributed by atoms with Gasteiger partial charge in [-0.1, -0.05) is 55.8 Å². The monoisotopic (exact) mass is 476 g/mol. The summed E-state index contributed by atoms with van der Waals surface area (Å²) in [5.41, 5.74) is 5.78. The first-order valence-corrected chi connectivity index (χ1v) is 12.3. The van der Waals surface area contributed by atoms with Crippen LogP contribution in [0.1, 0.15) is 68.2 Å². The van der Waals surface area contributed by atoms with Gasteiger partial charge >= 0.3 is 0 Å². The first-order valence-electron chi connectivity index (χ1n) is 12.3. The molecule has 5 nitrogen and oxygen atoms in total. The van der Waals surface area contributed by atoms with E-state index in [1.807, 2.05) is 18.2 Å². The standard InChI is InChI=1S/C29H32FNO4/c1-2-3-5-19-6-4-7-24-27(18-10-12-21(30)13-11-18)25(29(20-8-9-20)31-28(19)24)15-14-22(32)16-23(33)17-26(34)35/h4,6-7,10-15,20,22-23,32-33H,2-3,5,8-9,16-17H2,1H3,(H,34,35)/p-1/b15-14+/t22-,23-/m1/s1. The van der Waals surface area contributed by atoms with Gasteiger partial charge in [0.15, 0.2) is 0 Å². The second kappa shape index (κ2) is 11.1. The molecule has 0 radical (unpaired) electrons. The Hall–Kier alpha value is -3.09. The van der Waals surface area contributed by atoms with E-state index in [1.165, 1.54) is 17.7 Å². The van der Waals surface area contributed by atoms with Crippen molar-refractivity contribution >= 4 is 22.9 Å². The van der Waals surface area contributed by atoms with Crippen LogP contribution in [0, 0.1) is 5.82 Å². The molecule has 1 fully saturated rings. The predicted octanol–water partition coefficient (Wildman–Crippen LogP) is 4.53. The summed E-state index contributed by atoms with van der Waals surface area (Å²) >= 11 is 0. The van der Waals surface area contributed by atoms with Crippen molar-refractivity contribution in [2.45, 2.75) is 70.0 Å². The van der Waals surface area contributed by atoms with Gasteiger partial charge in [0.05, 0.1) is 23.4 Å². The van der Waals surface area contributed by atoms with Crippen molar-refractivity contribution in [3.8, 4) is 11.1 Å². The Labute approximate surface area is 205 Å². The van der Waals surface area contributed by atoms with Crippen LogP contribution in [0.15, 0.2) is 48.5 Å². The van der Waals surface area contributed by atoms with Crippen molar-refractivity contribution in [1.82, 2.24) is 4.98 Å². The van der Waals surface area contributed by atoms with Gasteiger partial charge < -0.3 is 20.1 Å². The highest BCUT2D eigenvalue weighted by Crippen LogP contribution is 2.46. The van der Waals surface area contributed by atoms with Crippen LogP contribution in [0.2, 0.25) is 0 Å².